The van der Waals surface area contributed by atoms with Crippen LogP contribution >= 0.6 is 11.3 Å². The molecular weight excluding hydrogens is 282 g/mol. The fraction of sp³-hybridized carbons (Fsp3) is 0.688. The highest BCUT2D eigenvalue weighted by Crippen LogP contribution is 2.50. The molecule has 0 aliphatic heterocycles. The monoisotopic (exact) mass is 309 g/mol. The largest absolute Gasteiger partial charge is 0.397 e. The summed E-state index contributed by atoms with van der Waals surface area (Å²) in [5.74, 6) is 0.571. The summed E-state index contributed by atoms with van der Waals surface area (Å²) >= 11 is 1.53. The van der Waals surface area contributed by atoms with Crippen LogP contribution < -0.4 is 11.1 Å². The molecule has 1 aliphatic rings. The Labute approximate surface area is 131 Å². The summed E-state index contributed by atoms with van der Waals surface area (Å²) < 4.78 is 0. The number of nitrogen functional groups attached to an aromatic ring is 1. The van der Waals surface area contributed by atoms with E-state index in [9.17, 15) is 4.79 Å². The Morgan fingerprint density at radius 1 is 1.33 bits per heavy atom. The summed E-state index contributed by atoms with van der Waals surface area (Å²) in [6, 6.07) is 0. The topological polar surface area (TPSA) is 58.4 Å². The number of thiophene rings is 1. The molecule has 1 heterocycles. The summed E-state index contributed by atoms with van der Waals surface area (Å²) in [4.78, 5) is 14.5. The summed E-state index contributed by atoms with van der Waals surface area (Å²) in [5.41, 5.74) is 8.16. The van der Waals surface area contributed by atoms with E-state index in [1.54, 1.807) is 19.0 Å². The van der Waals surface area contributed by atoms with Gasteiger partial charge in [-0.2, -0.15) is 0 Å². The molecule has 1 aromatic heterocycles. The summed E-state index contributed by atoms with van der Waals surface area (Å²) in [5, 5.41) is 4.64. The van der Waals surface area contributed by atoms with Crippen molar-refractivity contribution in [3.8, 4) is 0 Å². The molecular formula is C16H27N3OS. The molecule has 0 atom stereocenters. The van der Waals surface area contributed by atoms with E-state index in [0.717, 1.165) is 11.5 Å². The predicted octanol–water partition coefficient (Wildman–Crippen LogP) is 3.90. The number of nitrogens with one attached hydrogen (secondary N) is 1. The maximum atomic E-state index is 12.2. The maximum absolute atomic E-state index is 12.2. The van der Waals surface area contributed by atoms with E-state index in [-0.39, 0.29) is 5.91 Å². The lowest BCUT2D eigenvalue weighted by molar-refractivity contribution is 0.0833. The number of carbonyl (C=O) groups is 1. The molecule has 1 amide bonds. The first-order valence-electron chi connectivity index (χ1n) is 7.93. The van der Waals surface area contributed by atoms with E-state index in [0.29, 0.717) is 16.5 Å². The zero-order chi connectivity index (χ0) is 15.4. The van der Waals surface area contributed by atoms with Gasteiger partial charge in [-0.3, -0.25) is 4.79 Å². The zero-order valence-corrected chi connectivity index (χ0v) is 14.2. The van der Waals surface area contributed by atoms with Crippen molar-refractivity contribution in [3.05, 3.63) is 10.4 Å². The Bertz CT molecular complexity index is 492. The van der Waals surface area contributed by atoms with Crippen molar-refractivity contribution in [3.63, 3.8) is 0 Å². The van der Waals surface area contributed by atoms with E-state index in [1.807, 2.05) is 0 Å². The van der Waals surface area contributed by atoms with Gasteiger partial charge in [0.2, 0.25) is 0 Å². The molecule has 4 nitrogen and oxygen atoms in total. The lowest BCUT2D eigenvalue weighted by Gasteiger charge is -2.08. The number of hydrogen-bond donors (Lipinski definition) is 2. The minimum Gasteiger partial charge on any atom is -0.397 e. The number of amides is 1. The number of hydrogen-bond acceptors (Lipinski definition) is 4. The van der Waals surface area contributed by atoms with Crippen molar-refractivity contribution in [2.45, 2.75) is 51.4 Å². The van der Waals surface area contributed by atoms with Gasteiger partial charge in [-0.05, 0) is 25.2 Å². The van der Waals surface area contributed by atoms with Gasteiger partial charge in [0.25, 0.3) is 5.91 Å². The zero-order valence-electron chi connectivity index (χ0n) is 13.4. The standard InChI is InChI=1S/C16H27N3OS/c1-4-5-6-7-10-18-15-12(11-8-9-11)13(17)14(21-15)16(20)19(2)3/h11,18H,4-10,17H2,1-3H3. The van der Waals surface area contributed by atoms with Crippen LogP contribution in [0.3, 0.4) is 0 Å². The average molecular weight is 309 g/mol. The number of unbranched alkanes of at least 4 members (excludes halogenated alkanes) is 3. The van der Waals surface area contributed by atoms with Gasteiger partial charge in [-0.25, -0.2) is 0 Å². The van der Waals surface area contributed by atoms with Gasteiger partial charge in [0.15, 0.2) is 0 Å². The van der Waals surface area contributed by atoms with E-state index < -0.39 is 0 Å². The third-order valence-corrected chi connectivity index (χ3v) is 5.05. The Hall–Kier alpha value is -1.23. The van der Waals surface area contributed by atoms with Gasteiger partial charge in [0, 0.05) is 26.2 Å². The first-order chi connectivity index (χ1) is 10.1. The van der Waals surface area contributed by atoms with Gasteiger partial charge < -0.3 is 16.0 Å². The van der Waals surface area contributed by atoms with Crippen LogP contribution in [0.5, 0.6) is 0 Å². The molecule has 1 saturated carbocycles. The minimum absolute atomic E-state index is 0.0124. The van der Waals surface area contributed by atoms with Crippen molar-refractivity contribution in [1.82, 2.24) is 4.90 Å². The SMILES string of the molecule is CCCCCCNc1sc(C(=O)N(C)C)c(N)c1C1CC1. The number of rotatable bonds is 8. The summed E-state index contributed by atoms with van der Waals surface area (Å²) in [6.07, 6.45) is 7.36. The van der Waals surface area contributed by atoms with Gasteiger partial charge >= 0.3 is 0 Å². The van der Waals surface area contributed by atoms with Crippen LogP contribution in [0.4, 0.5) is 10.7 Å². The van der Waals surface area contributed by atoms with Gasteiger partial charge in [-0.15, -0.1) is 11.3 Å². The third-order valence-electron chi connectivity index (χ3n) is 3.89. The molecule has 1 fully saturated rings. The van der Waals surface area contributed by atoms with Crippen molar-refractivity contribution >= 4 is 27.9 Å². The highest BCUT2D eigenvalue weighted by molar-refractivity contribution is 7.18. The molecule has 0 bridgehead atoms. The van der Waals surface area contributed by atoms with E-state index >= 15 is 0 Å². The van der Waals surface area contributed by atoms with Gasteiger partial charge in [0.1, 0.15) is 4.88 Å². The molecule has 1 aliphatic carbocycles. The van der Waals surface area contributed by atoms with E-state index in [2.05, 4.69) is 12.2 Å². The molecule has 2 rings (SSSR count). The number of anilines is 2. The van der Waals surface area contributed by atoms with Gasteiger partial charge in [-0.1, -0.05) is 26.2 Å². The van der Waals surface area contributed by atoms with E-state index in [1.165, 1.54) is 55.4 Å². The maximum Gasteiger partial charge on any atom is 0.265 e. The van der Waals surface area contributed by atoms with Crippen LogP contribution in [0, 0.1) is 0 Å². The van der Waals surface area contributed by atoms with Crippen LogP contribution in [0.25, 0.3) is 0 Å². The third kappa shape index (κ3) is 3.90. The second-order valence-electron chi connectivity index (χ2n) is 6.05. The van der Waals surface area contributed by atoms with Gasteiger partial charge in [0.05, 0.1) is 10.7 Å². The van der Waals surface area contributed by atoms with Crippen molar-refractivity contribution in [2.75, 3.05) is 31.7 Å². The lowest BCUT2D eigenvalue weighted by Crippen LogP contribution is -2.21. The Morgan fingerprint density at radius 2 is 2.05 bits per heavy atom. The molecule has 0 radical (unpaired) electrons. The molecule has 3 N–H and O–H groups in total. The summed E-state index contributed by atoms with van der Waals surface area (Å²) in [6.45, 7) is 3.19. The molecule has 0 unspecified atom stereocenters. The van der Waals surface area contributed by atoms with Crippen molar-refractivity contribution in [1.29, 1.82) is 0 Å². The van der Waals surface area contributed by atoms with Crippen molar-refractivity contribution < 1.29 is 4.79 Å². The van der Waals surface area contributed by atoms with Crippen LogP contribution in [-0.2, 0) is 0 Å². The smallest absolute Gasteiger partial charge is 0.265 e. The lowest BCUT2D eigenvalue weighted by atomic mass is 10.1. The normalized spacial score (nSPS) is 14.2. The molecule has 1 aromatic rings. The molecule has 118 valence electrons. The minimum atomic E-state index is 0.0124. The van der Waals surface area contributed by atoms with Crippen LogP contribution in [0.2, 0.25) is 0 Å². The molecule has 0 spiro atoms. The highest BCUT2D eigenvalue weighted by Gasteiger charge is 2.33. The summed E-state index contributed by atoms with van der Waals surface area (Å²) in [7, 11) is 3.55. The van der Waals surface area contributed by atoms with Crippen LogP contribution in [-0.4, -0.2) is 31.4 Å². The van der Waals surface area contributed by atoms with Crippen LogP contribution in [0.15, 0.2) is 0 Å². The Balaban J connectivity index is 2.08. The Morgan fingerprint density at radius 3 is 2.62 bits per heavy atom. The predicted molar refractivity (Wildman–Crippen MR) is 91.4 cm³/mol. The second-order valence-corrected chi connectivity index (χ2v) is 7.07. The average Bonchev–Trinajstić information content (AvgIpc) is 3.22. The molecule has 0 aromatic carbocycles. The highest BCUT2D eigenvalue weighted by atomic mass is 32.1. The van der Waals surface area contributed by atoms with Crippen molar-refractivity contribution in [2.24, 2.45) is 0 Å². The first kappa shape index (κ1) is 16.1. The first-order valence-corrected chi connectivity index (χ1v) is 8.75. The molecule has 5 heteroatoms. The number of nitrogens with two attached hydrogens (primary N) is 1. The van der Waals surface area contributed by atoms with Crippen LogP contribution in [0.1, 0.15) is 66.6 Å². The number of nitrogens with zero attached hydrogens (tertiary/aromatic N) is 1. The Kier molecular flexibility index (Phi) is 5.51. The number of carbonyl (C=O) groups excluding carboxylic acids is 1. The molecule has 21 heavy (non-hydrogen) atoms. The quantitative estimate of drug-likeness (QED) is 0.716. The fourth-order valence-corrected chi connectivity index (χ4v) is 3.74. The fourth-order valence-electron chi connectivity index (χ4n) is 2.48. The van der Waals surface area contributed by atoms with E-state index in [4.69, 9.17) is 5.73 Å². The second kappa shape index (κ2) is 7.16. The molecule has 0 saturated heterocycles.